The third-order valence-electron chi connectivity index (χ3n) is 4.29. The largest absolute Gasteiger partial charge is 0.338 e. The molecule has 0 spiro atoms. The average molecular weight is 373 g/mol. The molecule has 8 heteroatoms. The lowest BCUT2D eigenvalue weighted by Crippen LogP contribution is -2.33. The van der Waals surface area contributed by atoms with Crippen LogP contribution in [0.3, 0.4) is 0 Å². The highest BCUT2D eigenvalue weighted by Crippen LogP contribution is 2.31. The van der Waals surface area contributed by atoms with Gasteiger partial charge < -0.3 is 16.0 Å². The lowest BCUT2D eigenvalue weighted by molar-refractivity contribution is -0.133. The second-order valence-corrected chi connectivity index (χ2v) is 7.27. The Hall–Kier alpha value is -2.32. The summed E-state index contributed by atoms with van der Waals surface area (Å²) in [6.45, 7) is 3.51. The first-order valence-corrected chi connectivity index (χ1v) is 9.54. The van der Waals surface area contributed by atoms with Crippen molar-refractivity contribution >= 4 is 29.0 Å². The highest BCUT2D eigenvalue weighted by molar-refractivity contribution is 7.08. The van der Waals surface area contributed by atoms with Gasteiger partial charge in [0.05, 0.1) is 5.69 Å². The number of aromatic nitrogens is 2. The highest BCUT2D eigenvalue weighted by atomic mass is 32.1. The molecule has 1 aliphatic carbocycles. The van der Waals surface area contributed by atoms with Gasteiger partial charge in [0.1, 0.15) is 4.88 Å². The molecule has 138 valence electrons. The topological polar surface area (TPSA) is 101 Å². The summed E-state index contributed by atoms with van der Waals surface area (Å²) in [5.41, 5.74) is 7.89. The molecule has 0 unspecified atom stereocenters. The maximum atomic E-state index is 12.5. The van der Waals surface area contributed by atoms with Gasteiger partial charge in [0.15, 0.2) is 0 Å². The Kier molecular flexibility index (Phi) is 5.95. The number of nitrogens with one attached hydrogen (secondary N) is 1. The fraction of sp³-hybridized carbons (Fsp3) is 0.444. The number of hydrogen-bond acceptors (Lipinski definition) is 6. The van der Waals surface area contributed by atoms with Crippen LogP contribution in [0.2, 0.25) is 0 Å². The summed E-state index contributed by atoms with van der Waals surface area (Å²) >= 11 is 1.08. The van der Waals surface area contributed by atoms with Crippen LogP contribution in [0.15, 0.2) is 24.3 Å². The molecular formula is C18H23N5O2S. The Morgan fingerprint density at radius 2 is 2.19 bits per heavy atom. The number of rotatable bonds is 8. The van der Waals surface area contributed by atoms with Gasteiger partial charge in [-0.2, -0.15) is 0 Å². The lowest BCUT2D eigenvalue weighted by Gasteiger charge is -2.23. The monoisotopic (exact) mass is 373 g/mol. The van der Waals surface area contributed by atoms with E-state index in [0.29, 0.717) is 35.9 Å². The minimum atomic E-state index is -0.219. The summed E-state index contributed by atoms with van der Waals surface area (Å²) in [5.74, 6) is 0.167. The van der Waals surface area contributed by atoms with Crippen molar-refractivity contribution in [3.63, 3.8) is 0 Å². The second kappa shape index (κ2) is 8.37. The molecule has 3 rings (SSSR count). The number of carbonyl (C=O) groups is 2. The third-order valence-corrected chi connectivity index (χ3v) is 5.11. The van der Waals surface area contributed by atoms with E-state index in [0.717, 1.165) is 36.4 Å². The zero-order valence-corrected chi connectivity index (χ0v) is 15.6. The van der Waals surface area contributed by atoms with Gasteiger partial charge in [-0.3, -0.25) is 9.59 Å². The molecule has 2 amide bonds. The summed E-state index contributed by atoms with van der Waals surface area (Å²) in [6.07, 6.45) is 2.75. The number of benzene rings is 1. The normalized spacial score (nSPS) is 13.5. The molecule has 26 heavy (non-hydrogen) atoms. The smallest absolute Gasteiger partial charge is 0.269 e. The van der Waals surface area contributed by atoms with Crippen LogP contribution in [0.5, 0.6) is 0 Å². The van der Waals surface area contributed by atoms with E-state index >= 15 is 0 Å². The van der Waals surface area contributed by atoms with Crippen molar-refractivity contribution < 1.29 is 9.59 Å². The number of nitrogens with two attached hydrogens (primary N) is 1. The van der Waals surface area contributed by atoms with Gasteiger partial charge >= 0.3 is 0 Å². The van der Waals surface area contributed by atoms with Gasteiger partial charge in [0.2, 0.25) is 5.91 Å². The Labute approximate surface area is 156 Å². The molecule has 0 atom stereocenters. The molecule has 0 aliphatic heterocycles. The van der Waals surface area contributed by atoms with Crippen molar-refractivity contribution in [2.75, 3.05) is 18.4 Å². The molecule has 0 bridgehead atoms. The quantitative estimate of drug-likeness (QED) is 0.738. The maximum Gasteiger partial charge on any atom is 0.269 e. The molecule has 1 aromatic carbocycles. The third kappa shape index (κ3) is 4.64. The Morgan fingerprint density at radius 3 is 2.85 bits per heavy atom. The molecule has 0 saturated heterocycles. The number of anilines is 1. The van der Waals surface area contributed by atoms with E-state index in [4.69, 9.17) is 5.73 Å². The van der Waals surface area contributed by atoms with E-state index in [2.05, 4.69) is 14.9 Å². The van der Waals surface area contributed by atoms with Crippen LogP contribution in [0, 0.1) is 12.8 Å². The van der Waals surface area contributed by atoms with Gasteiger partial charge in [-0.25, -0.2) is 0 Å². The summed E-state index contributed by atoms with van der Waals surface area (Å²) in [4.78, 5) is 27.2. The number of amides is 2. The van der Waals surface area contributed by atoms with Gasteiger partial charge in [0, 0.05) is 24.7 Å². The van der Waals surface area contributed by atoms with E-state index < -0.39 is 0 Å². The zero-order valence-electron chi connectivity index (χ0n) is 14.8. The minimum Gasteiger partial charge on any atom is -0.338 e. The predicted octanol–water partition coefficient (Wildman–Crippen LogP) is 2.19. The van der Waals surface area contributed by atoms with Crippen molar-refractivity contribution in [1.29, 1.82) is 0 Å². The first-order valence-electron chi connectivity index (χ1n) is 8.76. The SMILES string of the molecule is Cc1nnsc1C(=O)Nc1cccc(CN(CCCN)C(=O)C2CC2)c1. The van der Waals surface area contributed by atoms with Crippen LogP contribution >= 0.6 is 11.5 Å². The van der Waals surface area contributed by atoms with Crippen LogP contribution in [0.25, 0.3) is 0 Å². The van der Waals surface area contributed by atoms with E-state index in [9.17, 15) is 9.59 Å². The van der Waals surface area contributed by atoms with E-state index in [1.54, 1.807) is 6.92 Å². The van der Waals surface area contributed by atoms with Crippen molar-refractivity contribution in [2.24, 2.45) is 11.7 Å². The standard InChI is InChI=1S/C18H23N5O2S/c1-12-16(26-22-21-12)17(24)20-15-5-2-4-13(10-15)11-23(9-3-8-19)18(25)14-6-7-14/h2,4-5,10,14H,3,6-9,11,19H2,1H3,(H,20,24). The van der Waals surface area contributed by atoms with Crippen molar-refractivity contribution in [3.8, 4) is 0 Å². The van der Waals surface area contributed by atoms with Gasteiger partial charge in [-0.1, -0.05) is 16.6 Å². The molecule has 1 heterocycles. The van der Waals surface area contributed by atoms with E-state index in [-0.39, 0.29) is 17.7 Å². The Bertz CT molecular complexity index is 787. The Morgan fingerprint density at radius 1 is 1.38 bits per heavy atom. The second-order valence-electron chi connectivity index (χ2n) is 6.52. The lowest BCUT2D eigenvalue weighted by atomic mass is 10.1. The predicted molar refractivity (Wildman–Crippen MR) is 101 cm³/mol. The molecule has 2 aromatic rings. The summed E-state index contributed by atoms with van der Waals surface area (Å²) in [5, 5.41) is 6.73. The van der Waals surface area contributed by atoms with Crippen LogP contribution in [-0.2, 0) is 11.3 Å². The number of carbonyl (C=O) groups excluding carboxylic acids is 2. The fourth-order valence-corrected chi connectivity index (χ4v) is 3.29. The number of hydrogen-bond donors (Lipinski definition) is 2. The van der Waals surface area contributed by atoms with Crippen LogP contribution in [0.1, 0.15) is 40.2 Å². The molecule has 1 saturated carbocycles. The van der Waals surface area contributed by atoms with Crippen molar-refractivity contribution in [1.82, 2.24) is 14.5 Å². The van der Waals surface area contributed by atoms with E-state index in [1.165, 1.54) is 0 Å². The molecule has 1 fully saturated rings. The van der Waals surface area contributed by atoms with Gasteiger partial charge in [-0.05, 0) is 62.0 Å². The Balaban J connectivity index is 1.68. The first kappa shape index (κ1) is 18.5. The van der Waals surface area contributed by atoms with Crippen LogP contribution in [0.4, 0.5) is 5.69 Å². The molecule has 7 nitrogen and oxygen atoms in total. The fourth-order valence-electron chi connectivity index (χ4n) is 2.73. The molecule has 3 N–H and O–H groups in total. The molecule has 0 radical (unpaired) electrons. The molecule has 1 aliphatic rings. The van der Waals surface area contributed by atoms with Gasteiger partial charge in [0.25, 0.3) is 5.91 Å². The summed E-state index contributed by atoms with van der Waals surface area (Å²) in [6, 6.07) is 7.58. The molecular weight excluding hydrogens is 350 g/mol. The van der Waals surface area contributed by atoms with Crippen molar-refractivity contribution in [2.45, 2.75) is 32.7 Å². The maximum absolute atomic E-state index is 12.5. The number of nitrogens with zero attached hydrogens (tertiary/aromatic N) is 3. The average Bonchev–Trinajstić information content (AvgIpc) is 3.39. The zero-order chi connectivity index (χ0) is 18.5. The first-order chi connectivity index (χ1) is 12.6. The van der Waals surface area contributed by atoms with Gasteiger partial charge in [-0.15, -0.1) is 5.10 Å². The summed E-state index contributed by atoms with van der Waals surface area (Å²) < 4.78 is 3.79. The van der Waals surface area contributed by atoms with Crippen LogP contribution in [-0.4, -0.2) is 39.4 Å². The van der Waals surface area contributed by atoms with Crippen LogP contribution < -0.4 is 11.1 Å². The highest BCUT2D eigenvalue weighted by Gasteiger charge is 2.33. The van der Waals surface area contributed by atoms with Crippen molar-refractivity contribution in [3.05, 3.63) is 40.4 Å². The van der Waals surface area contributed by atoms with E-state index in [1.807, 2.05) is 29.2 Å². The molecule has 1 aromatic heterocycles. The number of aryl methyl sites for hydroxylation is 1. The minimum absolute atomic E-state index is 0.178. The summed E-state index contributed by atoms with van der Waals surface area (Å²) in [7, 11) is 0.